The molecule has 0 saturated carbocycles. The maximum Gasteiger partial charge on any atom is 0.243 e. The van der Waals surface area contributed by atoms with Crippen molar-refractivity contribution in [1.82, 2.24) is 4.31 Å². The molecule has 1 aliphatic rings. The molecule has 1 fully saturated rings. The highest BCUT2D eigenvalue weighted by Crippen LogP contribution is 2.32. The summed E-state index contributed by atoms with van der Waals surface area (Å²) >= 11 is 3.31. The van der Waals surface area contributed by atoms with E-state index in [2.05, 4.69) is 29.8 Å². The molecule has 0 aromatic heterocycles. The van der Waals surface area contributed by atoms with Crippen molar-refractivity contribution in [2.75, 3.05) is 18.8 Å². The number of hydrogen-bond acceptors (Lipinski definition) is 3. The zero-order chi connectivity index (χ0) is 14.4. The van der Waals surface area contributed by atoms with Crippen LogP contribution in [0.2, 0.25) is 0 Å². The molecule has 2 atom stereocenters. The quantitative estimate of drug-likeness (QED) is 0.837. The third kappa shape index (κ3) is 2.66. The molecule has 106 valence electrons. The van der Waals surface area contributed by atoms with Crippen LogP contribution in [0, 0.1) is 18.8 Å². The smallest absolute Gasteiger partial charge is 0.243 e. The molecule has 0 aliphatic carbocycles. The minimum absolute atomic E-state index is 0.306. The summed E-state index contributed by atoms with van der Waals surface area (Å²) < 4.78 is 27.7. The molecular weight excluding hydrogens is 328 g/mol. The number of anilines is 1. The van der Waals surface area contributed by atoms with Gasteiger partial charge in [-0.3, -0.25) is 0 Å². The number of halogens is 1. The number of benzene rings is 1. The molecule has 2 rings (SSSR count). The molecule has 1 aliphatic heterocycles. The van der Waals surface area contributed by atoms with Crippen molar-refractivity contribution in [1.29, 1.82) is 0 Å². The van der Waals surface area contributed by atoms with Crippen molar-refractivity contribution in [3.05, 3.63) is 22.2 Å². The van der Waals surface area contributed by atoms with Crippen LogP contribution in [0.15, 0.2) is 21.5 Å². The Bertz CT molecular complexity index is 591. The van der Waals surface area contributed by atoms with Crippen molar-refractivity contribution in [2.24, 2.45) is 11.8 Å². The lowest BCUT2D eigenvalue weighted by Gasteiger charge is -2.18. The maximum absolute atomic E-state index is 12.7. The van der Waals surface area contributed by atoms with Gasteiger partial charge in [0, 0.05) is 23.2 Å². The first kappa shape index (κ1) is 14.8. The van der Waals surface area contributed by atoms with Crippen LogP contribution in [0.1, 0.15) is 19.4 Å². The monoisotopic (exact) mass is 346 g/mol. The Kier molecular flexibility index (Phi) is 3.95. The van der Waals surface area contributed by atoms with Crippen LogP contribution in [0.25, 0.3) is 0 Å². The van der Waals surface area contributed by atoms with E-state index in [-0.39, 0.29) is 0 Å². The molecule has 2 N–H and O–H groups in total. The van der Waals surface area contributed by atoms with Gasteiger partial charge >= 0.3 is 0 Å². The summed E-state index contributed by atoms with van der Waals surface area (Å²) in [7, 11) is -3.46. The van der Waals surface area contributed by atoms with Crippen LogP contribution in [-0.2, 0) is 10.0 Å². The molecule has 0 spiro atoms. The van der Waals surface area contributed by atoms with Gasteiger partial charge in [-0.1, -0.05) is 29.8 Å². The van der Waals surface area contributed by atoms with Crippen molar-refractivity contribution < 1.29 is 8.42 Å². The maximum atomic E-state index is 12.7. The highest BCUT2D eigenvalue weighted by molar-refractivity contribution is 9.10. The van der Waals surface area contributed by atoms with E-state index < -0.39 is 10.0 Å². The minimum atomic E-state index is -3.46. The lowest BCUT2D eigenvalue weighted by atomic mass is 10.0. The molecule has 19 heavy (non-hydrogen) atoms. The lowest BCUT2D eigenvalue weighted by Crippen LogP contribution is -2.29. The standard InChI is InChI=1S/C13H19BrN2O2S/c1-8-6-16(7-9(8)2)19(17,18)13-5-11(14)4-12(15)10(13)3/h4-5,8-9H,6-7,15H2,1-3H3. The van der Waals surface area contributed by atoms with Gasteiger partial charge in [0.05, 0.1) is 4.90 Å². The fraction of sp³-hybridized carbons (Fsp3) is 0.538. The van der Waals surface area contributed by atoms with Gasteiger partial charge in [-0.25, -0.2) is 8.42 Å². The van der Waals surface area contributed by atoms with Gasteiger partial charge in [0.2, 0.25) is 10.0 Å². The van der Waals surface area contributed by atoms with Crippen LogP contribution in [0.3, 0.4) is 0 Å². The van der Waals surface area contributed by atoms with Gasteiger partial charge in [-0.05, 0) is 36.5 Å². The molecule has 0 amide bonds. The van der Waals surface area contributed by atoms with Crippen molar-refractivity contribution >= 4 is 31.6 Å². The van der Waals surface area contributed by atoms with E-state index in [0.29, 0.717) is 45.5 Å². The zero-order valence-corrected chi connectivity index (χ0v) is 13.8. The average Bonchev–Trinajstić information content (AvgIpc) is 2.65. The summed E-state index contributed by atoms with van der Waals surface area (Å²) in [5.74, 6) is 0.777. The Labute approximate surface area is 123 Å². The number of nitrogens with two attached hydrogens (primary N) is 1. The summed E-state index contributed by atoms with van der Waals surface area (Å²) in [6, 6.07) is 3.36. The molecule has 6 heteroatoms. The van der Waals surface area contributed by atoms with Crippen LogP contribution in [0.5, 0.6) is 0 Å². The Balaban J connectivity index is 2.46. The minimum Gasteiger partial charge on any atom is -0.398 e. The summed E-state index contributed by atoms with van der Waals surface area (Å²) in [6.07, 6.45) is 0. The Morgan fingerprint density at radius 1 is 1.26 bits per heavy atom. The highest BCUT2D eigenvalue weighted by atomic mass is 79.9. The van der Waals surface area contributed by atoms with Gasteiger partial charge in [-0.15, -0.1) is 0 Å². The summed E-state index contributed by atoms with van der Waals surface area (Å²) in [5.41, 5.74) is 6.97. The molecule has 1 aromatic rings. The first-order valence-electron chi connectivity index (χ1n) is 6.29. The number of rotatable bonds is 2. The van der Waals surface area contributed by atoms with E-state index in [9.17, 15) is 8.42 Å². The average molecular weight is 347 g/mol. The molecular formula is C13H19BrN2O2S. The molecule has 1 heterocycles. The number of sulfonamides is 1. The van der Waals surface area contributed by atoms with Gasteiger partial charge in [-0.2, -0.15) is 4.31 Å². The summed E-state index contributed by atoms with van der Waals surface area (Å²) in [4.78, 5) is 0.306. The second-order valence-electron chi connectivity index (χ2n) is 5.39. The van der Waals surface area contributed by atoms with Crippen molar-refractivity contribution in [3.63, 3.8) is 0 Å². The Morgan fingerprint density at radius 2 is 1.79 bits per heavy atom. The zero-order valence-electron chi connectivity index (χ0n) is 11.4. The highest BCUT2D eigenvalue weighted by Gasteiger charge is 2.35. The third-order valence-electron chi connectivity index (χ3n) is 3.94. The van der Waals surface area contributed by atoms with Crippen molar-refractivity contribution in [3.8, 4) is 0 Å². The number of hydrogen-bond donors (Lipinski definition) is 1. The van der Waals surface area contributed by atoms with E-state index >= 15 is 0 Å². The van der Waals surface area contributed by atoms with Gasteiger partial charge in [0.15, 0.2) is 0 Å². The predicted octanol–water partition coefficient (Wildman–Crippen LogP) is 2.62. The van der Waals surface area contributed by atoms with E-state index in [4.69, 9.17) is 5.73 Å². The van der Waals surface area contributed by atoms with Crippen LogP contribution >= 0.6 is 15.9 Å². The van der Waals surface area contributed by atoms with Crippen LogP contribution in [0.4, 0.5) is 5.69 Å². The van der Waals surface area contributed by atoms with E-state index in [1.807, 2.05) is 0 Å². The van der Waals surface area contributed by atoms with E-state index in [0.717, 1.165) is 0 Å². The molecule has 2 unspecified atom stereocenters. The topological polar surface area (TPSA) is 63.4 Å². The van der Waals surface area contributed by atoms with Crippen LogP contribution < -0.4 is 5.73 Å². The number of nitrogen functional groups attached to an aromatic ring is 1. The fourth-order valence-electron chi connectivity index (χ4n) is 2.35. The lowest BCUT2D eigenvalue weighted by molar-refractivity contribution is 0.463. The van der Waals surface area contributed by atoms with Crippen molar-refractivity contribution in [2.45, 2.75) is 25.7 Å². The summed E-state index contributed by atoms with van der Waals surface area (Å²) in [6.45, 7) is 7.08. The normalized spacial score (nSPS) is 24.8. The molecule has 1 aromatic carbocycles. The second-order valence-corrected chi connectivity index (χ2v) is 8.22. The first-order valence-corrected chi connectivity index (χ1v) is 8.52. The van der Waals surface area contributed by atoms with Gasteiger partial charge in [0.25, 0.3) is 0 Å². The largest absolute Gasteiger partial charge is 0.398 e. The molecule has 1 saturated heterocycles. The third-order valence-corrected chi connectivity index (χ3v) is 6.35. The Hall–Kier alpha value is -0.590. The fourth-order valence-corrected chi connectivity index (χ4v) is 4.90. The number of nitrogens with zero attached hydrogens (tertiary/aromatic N) is 1. The predicted molar refractivity (Wildman–Crippen MR) is 80.4 cm³/mol. The molecule has 0 radical (unpaired) electrons. The first-order chi connectivity index (χ1) is 8.73. The SMILES string of the molecule is Cc1c(N)cc(Br)cc1S(=O)(=O)N1CC(C)C(C)C1. The van der Waals surface area contributed by atoms with E-state index in [1.54, 1.807) is 23.4 Å². The molecule has 0 bridgehead atoms. The summed E-state index contributed by atoms with van der Waals surface area (Å²) in [5, 5.41) is 0. The van der Waals surface area contributed by atoms with Gasteiger partial charge < -0.3 is 5.73 Å². The second kappa shape index (κ2) is 5.07. The van der Waals surface area contributed by atoms with Crippen LogP contribution in [-0.4, -0.2) is 25.8 Å². The molecule has 4 nitrogen and oxygen atoms in total. The van der Waals surface area contributed by atoms with Gasteiger partial charge in [0.1, 0.15) is 0 Å². The Morgan fingerprint density at radius 3 is 2.32 bits per heavy atom. The van der Waals surface area contributed by atoms with E-state index in [1.165, 1.54) is 0 Å².